The normalized spacial score (nSPS) is 21.7. The molecule has 0 aromatic heterocycles. The summed E-state index contributed by atoms with van der Waals surface area (Å²) >= 11 is 0. The number of nitrogens with zero attached hydrogens (tertiary/aromatic N) is 1. The lowest BCUT2D eigenvalue weighted by atomic mass is 9.86. The van der Waals surface area contributed by atoms with E-state index >= 15 is 0 Å². The Hall–Kier alpha value is -0.780. The van der Waals surface area contributed by atoms with Gasteiger partial charge in [-0.15, -0.1) is 0 Å². The van der Waals surface area contributed by atoms with E-state index in [9.17, 15) is 13.2 Å². The Morgan fingerprint density at radius 2 is 1.52 bits per heavy atom. The van der Waals surface area contributed by atoms with Crippen LogP contribution in [-0.4, -0.2) is 50.5 Å². The predicted octanol–water partition coefficient (Wildman–Crippen LogP) is 2.81. The molecule has 2 aliphatic carbocycles. The highest BCUT2D eigenvalue weighted by Gasteiger charge is 2.35. The summed E-state index contributed by atoms with van der Waals surface area (Å²) in [7, 11) is -1.38. The highest BCUT2D eigenvalue weighted by Crippen LogP contribution is 2.37. The van der Waals surface area contributed by atoms with Crippen molar-refractivity contribution < 1.29 is 13.2 Å². The van der Waals surface area contributed by atoms with E-state index in [-0.39, 0.29) is 23.9 Å². The van der Waals surface area contributed by atoms with Gasteiger partial charge in [0, 0.05) is 25.4 Å². The third-order valence-electron chi connectivity index (χ3n) is 5.63. The molecule has 2 aliphatic rings. The average Bonchev–Trinajstić information content (AvgIpc) is 3.14. The van der Waals surface area contributed by atoms with E-state index in [1.54, 1.807) is 18.9 Å². The first-order chi connectivity index (χ1) is 10.8. The van der Waals surface area contributed by atoms with Gasteiger partial charge in [-0.1, -0.05) is 25.7 Å². The number of carbonyl (C=O) groups is 1. The summed E-state index contributed by atoms with van der Waals surface area (Å²) < 4.78 is 22.9. The summed E-state index contributed by atoms with van der Waals surface area (Å²) in [5, 5.41) is 3.26. The Morgan fingerprint density at radius 1 is 1.09 bits per heavy atom. The van der Waals surface area contributed by atoms with Crippen molar-refractivity contribution >= 4 is 15.9 Å². The maximum Gasteiger partial charge on any atom is 0.317 e. The molecule has 1 N–H and O–H groups in total. The third kappa shape index (κ3) is 5.37. The number of hydrogen-bond acceptors (Lipinski definition) is 3. The second kappa shape index (κ2) is 7.86. The van der Waals surface area contributed by atoms with Crippen LogP contribution >= 0.6 is 0 Å². The standard InChI is InChI=1S/C17H32N2O3S/c1-13(12-23(3,21)22)19(2)17(20)18-16(14-8-4-5-9-14)15-10-6-7-11-15/h13-16H,4-12H2,1-3H3,(H,18,20). The zero-order valence-corrected chi connectivity index (χ0v) is 15.6. The first-order valence-corrected chi connectivity index (χ1v) is 11.0. The molecule has 0 radical (unpaired) electrons. The van der Waals surface area contributed by atoms with Crippen molar-refractivity contribution in [3.63, 3.8) is 0 Å². The molecular formula is C17H32N2O3S. The van der Waals surface area contributed by atoms with Crippen LogP contribution in [0.1, 0.15) is 58.3 Å². The van der Waals surface area contributed by atoms with Gasteiger partial charge in [0.25, 0.3) is 0 Å². The number of hydrogen-bond donors (Lipinski definition) is 1. The lowest BCUT2D eigenvalue weighted by Gasteiger charge is -2.33. The number of carbonyl (C=O) groups excluding carboxylic acids is 1. The summed E-state index contributed by atoms with van der Waals surface area (Å²) in [6.45, 7) is 1.79. The minimum absolute atomic E-state index is 0.00838. The summed E-state index contributed by atoms with van der Waals surface area (Å²) in [5.41, 5.74) is 0. The molecule has 1 atom stereocenters. The molecule has 0 aromatic rings. The molecule has 0 saturated heterocycles. The maximum atomic E-state index is 12.6. The molecule has 23 heavy (non-hydrogen) atoms. The van der Waals surface area contributed by atoms with Crippen molar-refractivity contribution in [3.05, 3.63) is 0 Å². The fraction of sp³-hybridized carbons (Fsp3) is 0.941. The Morgan fingerprint density at radius 3 is 1.91 bits per heavy atom. The predicted molar refractivity (Wildman–Crippen MR) is 93.2 cm³/mol. The van der Waals surface area contributed by atoms with Gasteiger partial charge < -0.3 is 10.2 Å². The van der Waals surface area contributed by atoms with Gasteiger partial charge in [-0.2, -0.15) is 0 Å². The van der Waals surface area contributed by atoms with Crippen molar-refractivity contribution in [3.8, 4) is 0 Å². The topological polar surface area (TPSA) is 66.5 Å². The molecule has 2 amide bonds. The van der Waals surface area contributed by atoms with Crippen LogP contribution < -0.4 is 5.32 Å². The highest BCUT2D eigenvalue weighted by molar-refractivity contribution is 7.90. The number of nitrogens with one attached hydrogen (secondary N) is 1. The van der Waals surface area contributed by atoms with E-state index in [1.807, 2.05) is 0 Å². The van der Waals surface area contributed by atoms with E-state index < -0.39 is 9.84 Å². The first kappa shape index (κ1) is 18.6. The zero-order valence-electron chi connectivity index (χ0n) is 14.8. The summed E-state index contributed by atoms with van der Waals surface area (Å²) in [4.78, 5) is 14.2. The monoisotopic (exact) mass is 344 g/mol. The second-order valence-electron chi connectivity index (χ2n) is 7.62. The fourth-order valence-corrected chi connectivity index (χ4v) is 5.35. The van der Waals surface area contributed by atoms with Gasteiger partial charge in [-0.05, 0) is 44.4 Å². The molecular weight excluding hydrogens is 312 g/mol. The molecule has 2 fully saturated rings. The largest absolute Gasteiger partial charge is 0.335 e. The smallest absolute Gasteiger partial charge is 0.317 e. The van der Waals surface area contributed by atoms with Crippen LogP contribution in [0, 0.1) is 11.8 Å². The Bertz CT molecular complexity index is 478. The molecule has 0 spiro atoms. The van der Waals surface area contributed by atoms with Crippen molar-refractivity contribution in [1.29, 1.82) is 0 Å². The number of urea groups is 1. The summed E-state index contributed by atoms with van der Waals surface area (Å²) in [5.74, 6) is 1.20. The quantitative estimate of drug-likeness (QED) is 0.806. The van der Waals surface area contributed by atoms with Gasteiger partial charge in [0.2, 0.25) is 0 Å². The summed E-state index contributed by atoms with van der Waals surface area (Å²) in [6, 6.07) is -0.164. The lowest BCUT2D eigenvalue weighted by Crippen LogP contribution is -2.52. The van der Waals surface area contributed by atoms with Gasteiger partial charge in [-0.25, -0.2) is 13.2 Å². The van der Waals surface area contributed by atoms with Crippen LogP contribution in [0.3, 0.4) is 0 Å². The van der Waals surface area contributed by atoms with Crippen LogP contribution in [-0.2, 0) is 9.84 Å². The SMILES string of the molecule is CC(CS(C)(=O)=O)N(C)C(=O)NC(C1CCCC1)C1CCCC1. The zero-order chi connectivity index (χ0) is 17.0. The van der Waals surface area contributed by atoms with Crippen molar-refractivity contribution in [2.75, 3.05) is 19.1 Å². The molecule has 134 valence electrons. The van der Waals surface area contributed by atoms with E-state index in [1.165, 1.54) is 57.6 Å². The van der Waals surface area contributed by atoms with Crippen LogP contribution in [0.25, 0.3) is 0 Å². The van der Waals surface area contributed by atoms with E-state index in [0.717, 1.165) is 0 Å². The lowest BCUT2D eigenvalue weighted by molar-refractivity contribution is 0.177. The molecule has 0 aliphatic heterocycles. The van der Waals surface area contributed by atoms with Crippen molar-refractivity contribution in [1.82, 2.24) is 10.2 Å². The van der Waals surface area contributed by atoms with Crippen LogP contribution in [0.4, 0.5) is 4.79 Å². The molecule has 6 heteroatoms. The Kier molecular flexibility index (Phi) is 6.34. The minimum Gasteiger partial charge on any atom is -0.335 e. The molecule has 1 unspecified atom stereocenters. The minimum atomic E-state index is -3.08. The van der Waals surface area contributed by atoms with Gasteiger partial charge in [-0.3, -0.25) is 0 Å². The van der Waals surface area contributed by atoms with Crippen LogP contribution in [0.2, 0.25) is 0 Å². The van der Waals surface area contributed by atoms with Gasteiger partial charge in [0.1, 0.15) is 9.84 Å². The molecule has 2 saturated carbocycles. The molecule has 5 nitrogen and oxygen atoms in total. The van der Waals surface area contributed by atoms with E-state index in [2.05, 4.69) is 5.32 Å². The highest BCUT2D eigenvalue weighted by atomic mass is 32.2. The van der Waals surface area contributed by atoms with Crippen molar-refractivity contribution in [2.45, 2.75) is 70.4 Å². The van der Waals surface area contributed by atoms with Crippen LogP contribution in [0.15, 0.2) is 0 Å². The van der Waals surface area contributed by atoms with E-state index in [4.69, 9.17) is 0 Å². The van der Waals surface area contributed by atoms with E-state index in [0.29, 0.717) is 11.8 Å². The number of amides is 2. The van der Waals surface area contributed by atoms with Gasteiger partial charge in [0.15, 0.2) is 0 Å². The average molecular weight is 345 g/mol. The molecule has 0 bridgehead atoms. The summed E-state index contributed by atoms with van der Waals surface area (Å²) in [6.07, 6.45) is 11.1. The third-order valence-corrected chi connectivity index (χ3v) is 6.72. The van der Waals surface area contributed by atoms with Gasteiger partial charge >= 0.3 is 6.03 Å². The maximum absolute atomic E-state index is 12.6. The molecule has 2 rings (SSSR count). The Labute approximate surface area is 141 Å². The first-order valence-electron chi connectivity index (χ1n) is 8.99. The van der Waals surface area contributed by atoms with Crippen molar-refractivity contribution in [2.24, 2.45) is 11.8 Å². The Balaban J connectivity index is 1.98. The number of sulfone groups is 1. The number of rotatable bonds is 6. The fourth-order valence-electron chi connectivity index (χ4n) is 4.25. The van der Waals surface area contributed by atoms with Crippen LogP contribution in [0.5, 0.6) is 0 Å². The molecule has 0 heterocycles. The van der Waals surface area contributed by atoms with Gasteiger partial charge in [0.05, 0.1) is 5.75 Å². The second-order valence-corrected chi connectivity index (χ2v) is 9.80. The molecule has 0 aromatic carbocycles.